The molecule has 0 saturated heterocycles. The lowest BCUT2D eigenvalue weighted by Gasteiger charge is -2.30. The largest absolute Gasteiger partial charge is 0.354 e. The van der Waals surface area contributed by atoms with Crippen LogP contribution in [0.4, 0.5) is 17.5 Å². The van der Waals surface area contributed by atoms with Crippen LogP contribution in [0.25, 0.3) is 0 Å². The van der Waals surface area contributed by atoms with E-state index in [2.05, 4.69) is 41.6 Å². The summed E-state index contributed by atoms with van der Waals surface area (Å²) in [7, 11) is 0. The van der Waals surface area contributed by atoms with E-state index in [4.69, 9.17) is 4.98 Å². The molecule has 1 aromatic heterocycles. The zero-order chi connectivity index (χ0) is 20.3. The molecule has 0 saturated carbocycles. The van der Waals surface area contributed by atoms with Crippen LogP contribution < -0.4 is 10.6 Å². The van der Waals surface area contributed by atoms with Crippen molar-refractivity contribution in [1.29, 1.82) is 0 Å². The molecule has 1 heterocycles. The van der Waals surface area contributed by atoms with E-state index >= 15 is 0 Å². The van der Waals surface area contributed by atoms with E-state index in [1.165, 1.54) is 5.56 Å². The Labute approximate surface area is 171 Å². The van der Waals surface area contributed by atoms with Crippen molar-refractivity contribution in [2.75, 3.05) is 17.2 Å². The summed E-state index contributed by atoms with van der Waals surface area (Å²) >= 11 is 0. The van der Waals surface area contributed by atoms with Gasteiger partial charge in [0.1, 0.15) is 5.82 Å². The van der Waals surface area contributed by atoms with E-state index in [0.717, 1.165) is 30.8 Å². The van der Waals surface area contributed by atoms with Gasteiger partial charge in [0.15, 0.2) is 5.78 Å². The topological polar surface area (TPSA) is 66.9 Å². The van der Waals surface area contributed by atoms with Crippen molar-refractivity contribution >= 4 is 23.2 Å². The third kappa shape index (κ3) is 4.62. The lowest BCUT2D eigenvalue weighted by Crippen LogP contribution is -2.29. The monoisotopic (exact) mass is 386 g/mol. The molecule has 2 N–H and O–H groups in total. The zero-order valence-corrected chi connectivity index (χ0v) is 16.9. The molecule has 0 fully saturated rings. The summed E-state index contributed by atoms with van der Waals surface area (Å²) in [5.41, 5.74) is 3.52. The number of para-hydroxylation sites is 1. The number of hydrogen-bond donors (Lipinski definition) is 2. The van der Waals surface area contributed by atoms with E-state index < -0.39 is 0 Å². The minimum absolute atomic E-state index is 0.0935. The number of nitrogens with zero attached hydrogens (tertiary/aromatic N) is 2. The minimum atomic E-state index is -0.0935. The van der Waals surface area contributed by atoms with Crippen molar-refractivity contribution in [2.24, 2.45) is 5.41 Å². The summed E-state index contributed by atoms with van der Waals surface area (Å²) in [6.07, 6.45) is 2.15. The number of nitrogens with one attached hydrogen (secondary N) is 2. The molecule has 0 bridgehead atoms. The smallest absolute Gasteiger partial charge is 0.224 e. The number of hydrogen-bond acceptors (Lipinski definition) is 5. The van der Waals surface area contributed by atoms with Crippen LogP contribution >= 0.6 is 0 Å². The maximum atomic E-state index is 12.9. The van der Waals surface area contributed by atoms with Gasteiger partial charge in [-0.15, -0.1) is 0 Å². The average molecular weight is 386 g/mol. The molecule has 0 spiro atoms. The van der Waals surface area contributed by atoms with Crippen molar-refractivity contribution in [3.05, 3.63) is 77.5 Å². The lowest BCUT2D eigenvalue weighted by atomic mass is 9.75. The van der Waals surface area contributed by atoms with Gasteiger partial charge in [-0.25, -0.2) is 4.98 Å². The molecule has 0 radical (unpaired) electrons. The van der Waals surface area contributed by atoms with Gasteiger partial charge < -0.3 is 10.6 Å². The van der Waals surface area contributed by atoms with Crippen molar-refractivity contribution in [1.82, 2.24) is 9.97 Å². The first kappa shape index (κ1) is 19.1. The van der Waals surface area contributed by atoms with Crippen LogP contribution in [0.1, 0.15) is 41.9 Å². The second kappa shape index (κ2) is 8.03. The number of ketones is 1. The number of rotatable bonds is 6. The molecular formula is C24H26N4O. The molecule has 1 aliphatic rings. The van der Waals surface area contributed by atoms with Gasteiger partial charge in [-0.2, -0.15) is 4.98 Å². The van der Waals surface area contributed by atoms with Crippen LogP contribution in [0.15, 0.2) is 60.7 Å². The molecule has 1 aliphatic carbocycles. The molecule has 5 heteroatoms. The Kier molecular flexibility index (Phi) is 5.30. The van der Waals surface area contributed by atoms with Crippen LogP contribution in [0.5, 0.6) is 0 Å². The first-order chi connectivity index (χ1) is 14.0. The Morgan fingerprint density at radius 2 is 1.62 bits per heavy atom. The molecule has 0 atom stereocenters. The fourth-order valence-electron chi connectivity index (χ4n) is 3.76. The molecule has 4 rings (SSSR count). The molecule has 5 nitrogen and oxygen atoms in total. The number of carbonyl (C=O) groups is 1. The highest BCUT2D eigenvalue weighted by Gasteiger charge is 2.34. The van der Waals surface area contributed by atoms with Gasteiger partial charge >= 0.3 is 0 Å². The molecule has 0 unspecified atom stereocenters. The lowest BCUT2D eigenvalue weighted by molar-refractivity contribution is 0.0911. The van der Waals surface area contributed by atoms with E-state index in [1.54, 1.807) is 0 Å². The maximum absolute atomic E-state index is 12.9. The second-order valence-electron chi connectivity index (χ2n) is 8.31. The molecule has 0 aliphatic heterocycles. The highest BCUT2D eigenvalue weighted by Crippen LogP contribution is 2.37. The summed E-state index contributed by atoms with van der Waals surface area (Å²) in [5.74, 6) is 1.25. The highest BCUT2D eigenvalue weighted by atomic mass is 16.1. The number of benzene rings is 2. The summed E-state index contributed by atoms with van der Waals surface area (Å²) in [6.45, 7) is 4.95. The predicted molar refractivity (Wildman–Crippen MR) is 117 cm³/mol. The molecule has 3 aromatic rings. The molecular weight excluding hydrogens is 360 g/mol. The third-order valence-electron chi connectivity index (χ3n) is 5.12. The van der Waals surface area contributed by atoms with Gasteiger partial charge in [0.2, 0.25) is 5.95 Å². The van der Waals surface area contributed by atoms with Gasteiger partial charge in [-0.1, -0.05) is 62.4 Å². The van der Waals surface area contributed by atoms with Gasteiger partial charge in [0.05, 0.1) is 11.3 Å². The second-order valence-corrected chi connectivity index (χ2v) is 8.31. The van der Waals surface area contributed by atoms with Crippen LogP contribution in [0, 0.1) is 5.41 Å². The predicted octanol–water partition coefficient (Wildman–Crippen LogP) is 5.03. The van der Waals surface area contributed by atoms with Crippen molar-refractivity contribution < 1.29 is 4.79 Å². The standard InChI is InChI=1S/C24H26N4O/c1-24(2)15-19-21(20(29)16-24)22(26-18-11-7-4-8-12-18)28-23(27-19)25-14-13-17-9-5-3-6-10-17/h3-12H,13-16H2,1-2H3,(H2,25,26,27,28). The van der Waals surface area contributed by atoms with Crippen molar-refractivity contribution in [2.45, 2.75) is 33.1 Å². The number of fused-ring (bicyclic) bond motifs is 1. The van der Waals surface area contributed by atoms with Gasteiger partial charge in [-0.05, 0) is 36.0 Å². The van der Waals surface area contributed by atoms with E-state index in [9.17, 15) is 4.79 Å². The zero-order valence-electron chi connectivity index (χ0n) is 16.9. The molecule has 0 amide bonds. The minimum Gasteiger partial charge on any atom is -0.354 e. The van der Waals surface area contributed by atoms with Crippen LogP contribution in [0.3, 0.4) is 0 Å². The Hall–Kier alpha value is -3.21. The summed E-state index contributed by atoms with van der Waals surface area (Å²) in [6, 6.07) is 20.1. The van der Waals surface area contributed by atoms with E-state index in [0.29, 0.717) is 23.8 Å². The van der Waals surface area contributed by atoms with E-state index in [1.807, 2.05) is 48.5 Å². The first-order valence-electron chi connectivity index (χ1n) is 10.0. The summed E-state index contributed by atoms with van der Waals surface area (Å²) in [4.78, 5) is 22.2. The normalized spacial score (nSPS) is 14.9. The fourth-order valence-corrected chi connectivity index (χ4v) is 3.76. The van der Waals surface area contributed by atoms with Crippen molar-refractivity contribution in [3.8, 4) is 0 Å². The van der Waals surface area contributed by atoms with Crippen LogP contribution in [0.2, 0.25) is 0 Å². The van der Waals surface area contributed by atoms with Crippen molar-refractivity contribution in [3.63, 3.8) is 0 Å². The first-order valence-corrected chi connectivity index (χ1v) is 10.0. The summed E-state index contributed by atoms with van der Waals surface area (Å²) in [5, 5.41) is 6.66. The average Bonchev–Trinajstić information content (AvgIpc) is 2.68. The van der Waals surface area contributed by atoms with Gasteiger partial charge in [0.25, 0.3) is 0 Å². The number of carbonyl (C=O) groups excluding carboxylic acids is 1. The van der Waals surface area contributed by atoms with Gasteiger partial charge in [-0.3, -0.25) is 4.79 Å². The number of anilines is 3. The molecule has 29 heavy (non-hydrogen) atoms. The quantitative estimate of drug-likeness (QED) is 0.622. The maximum Gasteiger partial charge on any atom is 0.224 e. The summed E-state index contributed by atoms with van der Waals surface area (Å²) < 4.78 is 0. The van der Waals surface area contributed by atoms with Crippen LogP contribution in [-0.2, 0) is 12.8 Å². The Morgan fingerprint density at radius 1 is 0.931 bits per heavy atom. The third-order valence-corrected chi connectivity index (χ3v) is 5.12. The van der Waals surface area contributed by atoms with E-state index in [-0.39, 0.29) is 11.2 Å². The SMILES string of the molecule is CC1(C)CC(=O)c2c(nc(NCCc3ccccc3)nc2Nc2ccccc2)C1. The van der Waals surface area contributed by atoms with Gasteiger partial charge in [0, 0.05) is 18.7 Å². The number of aromatic nitrogens is 2. The van der Waals surface area contributed by atoms with Crippen LogP contribution in [-0.4, -0.2) is 22.3 Å². The Morgan fingerprint density at radius 3 is 2.34 bits per heavy atom. The molecule has 148 valence electrons. The Bertz CT molecular complexity index is 1000. The molecule has 2 aromatic carbocycles. The number of Topliss-reactive ketones (excluding diaryl/α,β-unsaturated/α-hetero) is 1. The highest BCUT2D eigenvalue weighted by molar-refractivity contribution is 6.03. The fraction of sp³-hybridized carbons (Fsp3) is 0.292. The Balaban J connectivity index is 1.62.